The Balaban J connectivity index is 2.28. The van der Waals surface area contributed by atoms with Crippen LogP contribution in [-0.2, 0) is 0 Å². The van der Waals surface area contributed by atoms with Crippen LogP contribution in [0.25, 0.3) is 0 Å². The van der Waals surface area contributed by atoms with Crippen LogP contribution in [-0.4, -0.2) is 20.1 Å². The molecule has 0 atom stereocenters. The molecule has 0 aliphatic heterocycles. The molecule has 1 amide bonds. The van der Waals surface area contributed by atoms with Crippen molar-refractivity contribution in [3.63, 3.8) is 0 Å². The van der Waals surface area contributed by atoms with Gasteiger partial charge in [0.25, 0.3) is 5.91 Å². The van der Waals surface area contributed by atoms with Crippen LogP contribution in [0.5, 0.6) is 11.5 Å². The Bertz CT molecular complexity index is 676. The van der Waals surface area contributed by atoms with Gasteiger partial charge in [0.05, 0.1) is 25.5 Å². The van der Waals surface area contributed by atoms with Gasteiger partial charge in [-0.1, -0.05) is 0 Å². The molecule has 0 fully saturated rings. The lowest BCUT2D eigenvalue weighted by Gasteiger charge is -2.11. The molecule has 0 radical (unpaired) electrons. The van der Waals surface area contributed by atoms with Gasteiger partial charge in [-0.05, 0) is 52.9 Å². The minimum Gasteiger partial charge on any atom is -0.497 e. The molecule has 0 unspecified atom stereocenters. The van der Waals surface area contributed by atoms with Gasteiger partial charge in [0, 0.05) is 9.64 Å². The lowest BCUT2D eigenvalue weighted by molar-refractivity contribution is 0.102. The standard InChI is InChI=1S/C15H13FINO3/c1-20-10-4-5-11(14(8-10)21-2)15(19)18-13-6-3-9(17)7-12(13)16/h3-8H,1-2H3,(H,18,19). The summed E-state index contributed by atoms with van der Waals surface area (Å²) in [5.41, 5.74) is 0.425. The number of carbonyl (C=O) groups is 1. The molecular weight excluding hydrogens is 388 g/mol. The highest BCUT2D eigenvalue weighted by atomic mass is 127. The third kappa shape index (κ3) is 3.63. The van der Waals surface area contributed by atoms with E-state index in [-0.39, 0.29) is 5.69 Å². The number of amides is 1. The number of rotatable bonds is 4. The highest BCUT2D eigenvalue weighted by Gasteiger charge is 2.15. The van der Waals surface area contributed by atoms with E-state index in [4.69, 9.17) is 9.47 Å². The van der Waals surface area contributed by atoms with Crippen molar-refractivity contribution in [2.45, 2.75) is 0 Å². The zero-order valence-electron chi connectivity index (χ0n) is 11.4. The average Bonchev–Trinajstić information content (AvgIpc) is 2.49. The summed E-state index contributed by atoms with van der Waals surface area (Å²) in [5, 5.41) is 2.53. The summed E-state index contributed by atoms with van der Waals surface area (Å²) in [4.78, 5) is 12.2. The van der Waals surface area contributed by atoms with E-state index in [1.807, 2.05) is 22.6 Å². The van der Waals surface area contributed by atoms with Crippen LogP contribution in [0.15, 0.2) is 36.4 Å². The maximum Gasteiger partial charge on any atom is 0.259 e. The first-order valence-corrected chi connectivity index (χ1v) is 7.11. The Morgan fingerprint density at radius 3 is 2.52 bits per heavy atom. The van der Waals surface area contributed by atoms with Crippen LogP contribution in [0.4, 0.5) is 10.1 Å². The summed E-state index contributed by atoms with van der Waals surface area (Å²) in [7, 11) is 2.98. The van der Waals surface area contributed by atoms with Crippen LogP contribution in [0.2, 0.25) is 0 Å². The fourth-order valence-electron chi connectivity index (χ4n) is 1.77. The predicted octanol–water partition coefficient (Wildman–Crippen LogP) is 3.70. The number of ether oxygens (including phenoxy) is 2. The van der Waals surface area contributed by atoms with E-state index in [1.54, 1.807) is 24.3 Å². The Morgan fingerprint density at radius 1 is 1.14 bits per heavy atom. The van der Waals surface area contributed by atoms with Crippen molar-refractivity contribution < 1.29 is 18.7 Å². The molecule has 0 heterocycles. The predicted molar refractivity (Wildman–Crippen MR) is 86.6 cm³/mol. The zero-order chi connectivity index (χ0) is 15.4. The second-order valence-electron chi connectivity index (χ2n) is 4.14. The maximum absolute atomic E-state index is 13.8. The van der Waals surface area contributed by atoms with Crippen LogP contribution in [0.1, 0.15) is 10.4 Å². The van der Waals surface area contributed by atoms with E-state index >= 15 is 0 Å². The van der Waals surface area contributed by atoms with Gasteiger partial charge in [-0.25, -0.2) is 4.39 Å². The summed E-state index contributed by atoms with van der Waals surface area (Å²) in [6, 6.07) is 9.38. The SMILES string of the molecule is COc1ccc(C(=O)Nc2ccc(I)cc2F)c(OC)c1. The summed E-state index contributed by atoms with van der Waals surface area (Å²) < 4.78 is 24.7. The average molecular weight is 401 g/mol. The monoisotopic (exact) mass is 401 g/mol. The molecule has 0 bridgehead atoms. The second-order valence-corrected chi connectivity index (χ2v) is 5.39. The molecule has 0 saturated carbocycles. The van der Waals surface area contributed by atoms with E-state index in [0.717, 1.165) is 3.57 Å². The molecule has 0 saturated heterocycles. The van der Waals surface area contributed by atoms with Crippen molar-refractivity contribution in [1.29, 1.82) is 0 Å². The van der Waals surface area contributed by atoms with Crippen LogP contribution >= 0.6 is 22.6 Å². The van der Waals surface area contributed by atoms with Gasteiger partial charge in [-0.3, -0.25) is 4.79 Å². The van der Waals surface area contributed by atoms with E-state index < -0.39 is 11.7 Å². The number of anilines is 1. The van der Waals surface area contributed by atoms with Gasteiger partial charge in [0.1, 0.15) is 17.3 Å². The van der Waals surface area contributed by atoms with Crippen molar-refractivity contribution in [3.8, 4) is 11.5 Å². The van der Waals surface area contributed by atoms with E-state index in [2.05, 4.69) is 5.32 Å². The number of methoxy groups -OCH3 is 2. The van der Waals surface area contributed by atoms with Crippen LogP contribution < -0.4 is 14.8 Å². The van der Waals surface area contributed by atoms with E-state index in [9.17, 15) is 9.18 Å². The summed E-state index contributed by atoms with van der Waals surface area (Å²) in [6.07, 6.45) is 0. The zero-order valence-corrected chi connectivity index (χ0v) is 13.6. The fraction of sp³-hybridized carbons (Fsp3) is 0.133. The molecule has 0 aliphatic rings. The van der Waals surface area contributed by atoms with Crippen LogP contribution in [0, 0.1) is 9.39 Å². The van der Waals surface area contributed by atoms with Crippen molar-refractivity contribution in [3.05, 3.63) is 51.3 Å². The van der Waals surface area contributed by atoms with Crippen LogP contribution in [0.3, 0.4) is 0 Å². The highest BCUT2D eigenvalue weighted by molar-refractivity contribution is 14.1. The van der Waals surface area contributed by atoms with Gasteiger partial charge >= 0.3 is 0 Å². The molecule has 21 heavy (non-hydrogen) atoms. The molecule has 110 valence electrons. The Kier molecular flexibility index (Phi) is 5.00. The van der Waals surface area contributed by atoms with E-state index in [0.29, 0.717) is 17.1 Å². The molecule has 2 aromatic carbocycles. The first kappa shape index (κ1) is 15.6. The molecule has 0 aromatic heterocycles. The minimum absolute atomic E-state index is 0.123. The van der Waals surface area contributed by atoms with Crippen molar-refractivity contribution in [2.24, 2.45) is 0 Å². The molecular formula is C15H13FINO3. The molecule has 0 spiro atoms. The minimum atomic E-state index is -0.484. The van der Waals surface area contributed by atoms with Crippen molar-refractivity contribution in [2.75, 3.05) is 19.5 Å². The first-order chi connectivity index (χ1) is 10.0. The fourth-order valence-corrected chi connectivity index (χ4v) is 2.22. The topological polar surface area (TPSA) is 47.6 Å². The van der Waals surface area contributed by atoms with Gasteiger partial charge in [-0.15, -0.1) is 0 Å². The number of benzene rings is 2. The Morgan fingerprint density at radius 2 is 1.90 bits per heavy atom. The molecule has 4 nitrogen and oxygen atoms in total. The number of nitrogens with one attached hydrogen (secondary N) is 1. The highest BCUT2D eigenvalue weighted by Crippen LogP contribution is 2.26. The van der Waals surface area contributed by atoms with Gasteiger partial charge in [0.2, 0.25) is 0 Å². The summed E-state index contributed by atoms with van der Waals surface area (Å²) in [5.74, 6) is -0.000968. The van der Waals surface area contributed by atoms with Crippen molar-refractivity contribution >= 4 is 34.2 Å². The maximum atomic E-state index is 13.8. The lowest BCUT2D eigenvalue weighted by Crippen LogP contribution is -2.14. The molecule has 6 heteroatoms. The van der Waals surface area contributed by atoms with Crippen molar-refractivity contribution in [1.82, 2.24) is 0 Å². The third-order valence-electron chi connectivity index (χ3n) is 2.83. The van der Waals surface area contributed by atoms with Gasteiger partial charge in [0.15, 0.2) is 0 Å². The largest absolute Gasteiger partial charge is 0.497 e. The number of hydrogen-bond donors (Lipinski definition) is 1. The first-order valence-electron chi connectivity index (χ1n) is 6.03. The summed E-state index contributed by atoms with van der Waals surface area (Å²) >= 11 is 2.00. The third-order valence-corrected chi connectivity index (χ3v) is 3.50. The smallest absolute Gasteiger partial charge is 0.259 e. The molecule has 2 rings (SSSR count). The van der Waals surface area contributed by atoms with Gasteiger partial charge in [-0.2, -0.15) is 0 Å². The Hall–Kier alpha value is -1.83. The van der Waals surface area contributed by atoms with Gasteiger partial charge < -0.3 is 14.8 Å². The molecule has 0 aliphatic carbocycles. The number of carbonyl (C=O) groups excluding carboxylic acids is 1. The lowest BCUT2D eigenvalue weighted by atomic mass is 10.1. The number of hydrogen-bond acceptors (Lipinski definition) is 3. The quantitative estimate of drug-likeness (QED) is 0.796. The second kappa shape index (κ2) is 6.75. The Labute approximate surface area is 135 Å². The number of halogens is 2. The molecule has 2 aromatic rings. The van der Waals surface area contributed by atoms with E-state index in [1.165, 1.54) is 26.4 Å². The normalized spacial score (nSPS) is 10.1. The summed E-state index contributed by atoms with van der Waals surface area (Å²) in [6.45, 7) is 0. The molecule has 1 N–H and O–H groups in total.